The largest absolute Gasteiger partial charge is 0.366 e. The Labute approximate surface area is 96.0 Å². The molecule has 0 unspecified atom stereocenters. The van der Waals surface area contributed by atoms with Crippen LogP contribution < -0.4 is 5.32 Å². The van der Waals surface area contributed by atoms with Gasteiger partial charge >= 0.3 is 0 Å². The monoisotopic (exact) mass is 240 g/mol. The molecule has 4 nitrogen and oxygen atoms in total. The summed E-state index contributed by atoms with van der Waals surface area (Å²) in [7, 11) is -3.20. The maximum Gasteiger partial charge on any atom is 0.179 e. The van der Waals surface area contributed by atoms with Crippen LogP contribution in [0.3, 0.4) is 0 Å². The minimum absolute atomic E-state index is 0.293. The molecule has 1 aromatic heterocycles. The molecule has 1 saturated carbocycles. The van der Waals surface area contributed by atoms with Crippen LogP contribution in [0.15, 0.2) is 23.2 Å². The van der Waals surface area contributed by atoms with Gasteiger partial charge in [-0.2, -0.15) is 0 Å². The van der Waals surface area contributed by atoms with Crippen molar-refractivity contribution in [2.24, 2.45) is 0 Å². The number of anilines is 1. The summed E-state index contributed by atoms with van der Waals surface area (Å²) >= 11 is 0. The number of sulfone groups is 1. The average Bonchev–Trinajstić information content (AvgIpc) is 2.70. The molecule has 1 aromatic rings. The van der Waals surface area contributed by atoms with Crippen LogP contribution in [0.4, 0.5) is 5.82 Å². The molecule has 0 saturated heterocycles. The van der Waals surface area contributed by atoms with Crippen molar-refractivity contribution in [1.29, 1.82) is 0 Å². The third kappa shape index (κ3) is 2.52. The summed E-state index contributed by atoms with van der Waals surface area (Å²) in [5.41, 5.74) is 0. The van der Waals surface area contributed by atoms with Crippen LogP contribution in [0.1, 0.15) is 25.7 Å². The van der Waals surface area contributed by atoms with Gasteiger partial charge in [-0.05, 0) is 25.0 Å². The minimum atomic E-state index is -3.20. The number of nitrogens with zero attached hydrogens (tertiary/aromatic N) is 1. The fourth-order valence-corrected chi connectivity index (χ4v) is 2.85. The van der Waals surface area contributed by atoms with E-state index in [-0.39, 0.29) is 0 Å². The van der Waals surface area contributed by atoms with Crippen molar-refractivity contribution in [1.82, 2.24) is 4.98 Å². The van der Waals surface area contributed by atoms with E-state index in [0.29, 0.717) is 16.8 Å². The van der Waals surface area contributed by atoms with Crippen LogP contribution in [-0.4, -0.2) is 25.7 Å². The van der Waals surface area contributed by atoms with E-state index in [1.54, 1.807) is 18.3 Å². The number of aromatic nitrogens is 1. The predicted molar refractivity (Wildman–Crippen MR) is 63.2 cm³/mol. The van der Waals surface area contributed by atoms with E-state index in [0.717, 1.165) is 12.8 Å². The van der Waals surface area contributed by atoms with E-state index < -0.39 is 9.84 Å². The average molecular weight is 240 g/mol. The highest BCUT2D eigenvalue weighted by molar-refractivity contribution is 7.90. The second-order valence-electron chi connectivity index (χ2n) is 4.25. The third-order valence-electron chi connectivity index (χ3n) is 2.87. The first-order valence-electron chi connectivity index (χ1n) is 5.49. The number of hydrogen-bond donors (Lipinski definition) is 1. The van der Waals surface area contributed by atoms with E-state index in [4.69, 9.17) is 0 Å². The Morgan fingerprint density at radius 1 is 1.38 bits per heavy atom. The summed E-state index contributed by atoms with van der Waals surface area (Å²) < 4.78 is 23.1. The van der Waals surface area contributed by atoms with E-state index in [9.17, 15) is 8.42 Å². The SMILES string of the molecule is CS(=O)(=O)c1cccnc1NC1CCCC1. The molecule has 0 atom stereocenters. The van der Waals surface area contributed by atoms with Gasteiger partial charge in [0.05, 0.1) is 0 Å². The van der Waals surface area contributed by atoms with Gasteiger partial charge in [0.1, 0.15) is 10.7 Å². The minimum Gasteiger partial charge on any atom is -0.366 e. The normalized spacial score (nSPS) is 17.6. The Morgan fingerprint density at radius 2 is 2.06 bits per heavy atom. The van der Waals surface area contributed by atoms with Gasteiger partial charge in [-0.1, -0.05) is 12.8 Å². The Balaban J connectivity index is 2.26. The van der Waals surface area contributed by atoms with Gasteiger partial charge in [-0.25, -0.2) is 13.4 Å². The molecule has 16 heavy (non-hydrogen) atoms. The van der Waals surface area contributed by atoms with Crippen LogP contribution in [-0.2, 0) is 9.84 Å². The van der Waals surface area contributed by atoms with Crippen molar-refractivity contribution in [2.75, 3.05) is 11.6 Å². The highest BCUT2D eigenvalue weighted by atomic mass is 32.2. The van der Waals surface area contributed by atoms with Crippen molar-refractivity contribution >= 4 is 15.7 Å². The van der Waals surface area contributed by atoms with Crippen LogP contribution >= 0.6 is 0 Å². The van der Waals surface area contributed by atoms with Gasteiger partial charge < -0.3 is 5.32 Å². The third-order valence-corrected chi connectivity index (χ3v) is 3.99. The van der Waals surface area contributed by atoms with E-state index in [2.05, 4.69) is 10.3 Å². The lowest BCUT2D eigenvalue weighted by Gasteiger charge is -2.14. The van der Waals surface area contributed by atoms with Gasteiger partial charge in [0.2, 0.25) is 0 Å². The highest BCUT2D eigenvalue weighted by Crippen LogP contribution is 2.24. The summed E-state index contributed by atoms with van der Waals surface area (Å²) in [6, 6.07) is 3.62. The Kier molecular flexibility index (Phi) is 3.14. The number of pyridine rings is 1. The first-order chi connectivity index (χ1) is 7.57. The maximum atomic E-state index is 11.5. The first-order valence-corrected chi connectivity index (χ1v) is 7.38. The molecule has 1 aliphatic rings. The number of nitrogens with one attached hydrogen (secondary N) is 1. The van der Waals surface area contributed by atoms with Gasteiger partial charge in [-0.15, -0.1) is 0 Å². The van der Waals surface area contributed by atoms with Gasteiger partial charge in [0, 0.05) is 18.5 Å². The molecule has 0 spiro atoms. The van der Waals surface area contributed by atoms with Crippen molar-refractivity contribution in [3.63, 3.8) is 0 Å². The molecule has 1 heterocycles. The molecule has 1 N–H and O–H groups in total. The fraction of sp³-hybridized carbons (Fsp3) is 0.545. The van der Waals surface area contributed by atoms with Crippen LogP contribution in [0.2, 0.25) is 0 Å². The summed E-state index contributed by atoms with van der Waals surface area (Å²) in [5, 5.41) is 3.23. The summed E-state index contributed by atoms with van der Waals surface area (Å²) in [6.07, 6.45) is 7.44. The zero-order chi connectivity index (χ0) is 11.6. The second-order valence-corrected chi connectivity index (χ2v) is 6.23. The van der Waals surface area contributed by atoms with Crippen LogP contribution in [0.25, 0.3) is 0 Å². The summed E-state index contributed by atoms with van der Waals surface area (Å²) in [4.78, 5) is 4.41. The van der Waals surface area contributed by atoms with Gasteiger partial charge in [-0.3, -0.25) is 0 Å². The maximum absolute atomic E-state index is 11.5. The van der Waals surface area contributed by atoms with E-state index in [1.165, 1.54) is 19.1 Å². The standard InChI is InChI=1S/C11H16N2O2S/c1-16(14,15)10-7-4-8-12-11(10)13-9-5-2-3-6-9/h4,7-9H,2-3,5-6H2,1H3,(H,12,13). The van der Waals surface area contributed by atoms with Gasteiger partial charge in [0.15, 0.2) is 9.84 Å². The molecule has 88 valence electrons. The first kappa shape index (κ1) is 11.4. The molecule has 0 bridgehead atoms. The molecule has 5 heteroatoms. The summed E-state index contributed by atoms with van der Waals surface area (Å²) in [6.45, 7) is 0. The Bertz CT molecular complexity index is 465. The van der Waals surface area contributed by atoms with Crippen LogP contribution in [0, 0.1) is 0 Å². The van der Waals surface area contributed by atoms with Crippen LogP contribution in [0.5, 0.6) is 0 Å². The molecule has 2 rings (SSSR count). The molecular weight excluding hydrogens is 224 g/mol. The molecule has 0 radical (unpaired) electrons. The van der Waals surface area contributed by atoms with Crippen molar-refractivity contribution < 1.29 is 8.42 Å². The predicted octanol–water partition coefficient (Wildman–Crippen LogP) is 1.84. The van der Waals surface area contributed by atoms with Crippen molar-refractivity contribution in [3.8, 4) is 0 Å². The lowest BCUT2D eigenvalue weighted by atomic mass is 10.2. The number of hydrogen-bond acceptors (Lipinski definition) is 4. The van der Waals surface area contributed by atoms with E-state index >= 15 is 0 Å². The molecule has 0 aromatic carbocycles. The number of rotatable bonds is 3. The molecular formula is C11H16N2O2S. The second kappa shape index (κ2) is 4.41. The molecule has 1 fully saturated rings. The summed E-state index contributed by atoms with van der Waals surface area (Å²) in [5.74, 6) is 0.497. The van der Waals surface area contributed by atoms with E-state index in [1.807, 2.05) is 0 Å². The zero-order valence-electron chi connectivity index (χ0n) is 9.31. The molecule has 0 amide bonds. The molecule has 1 aliphatic carbocycles. The van der Waals surface area contributed by atoms with Crippen molar-refractivity contribution in [3.05, 3.63) is 18.3 Å². The fourth-order valence-electron chi connectivity index (χ4n) is 2.06. The van der Waals surface area contributed by atoms with Crippen molar-refractivity contribution in [2.45, 2.75) is 36.6 Å². The van der Waals surface area contributed by atoms with Gasteiger partial charge in [0.25, 0.3) is 0 Å². The Morgan fingerprint density at radius 3 is 2.69 bits per heavy atom. The lowest BCUT2D eigenvalue weighted by Crippen LogP contribution is -2.17. The molecule has 0 aliphatic heterocycles. The Hall–Kier alpha value is -1.10. The zero-order valence-corrected chi connectivity index (χ0v) is 10.1. The topological polar surface area (TPSA) is 59.1 Å². The quantitative estimate of drug-likeness (QED) is 0.875. The highest BCUT2D eigenvalue weighted by Gasteiger charge is 2.19. The smallest absolute Gasteiger partial charge is 0.179 e. The lowest BCUT2D eigenvalue weighted by molar-refractivity contribution is 0.601.